The van der Waals surface area contributed by atoms with Crippen LogP contribution in [0.15, 0.2) is 35.9 Å². The van der Waals surface area contributed by atoms with E-state index in [2.05, 4.69) is 11.4 Å². The van der Waals surface area contributed by atoms with E-state index in [0.29, 0.717) is 31.1 Å². The number of halogens is 1. The van der Waals surface area contributed by atoms with Crippen LogP contribution in [0.2, 0.25) is 5.02 Å². The number of carbonyl (C=O) groups is 2. The van der Waals surface area contributed by atoms with Crippen molar-refractivity contribution in [3.63, 3.8) is 0 Å². The van der Waals surface area contributed by atoms with Gasteiger partial charge in [-0.15, -0.1) is 0 Å². The largest absolute Gasteiger partial charge is 0.356 e. The van der Waals surface area contributed by atoms with E-state index in [4.69, 9.17) is 11.6 Å². The minimum absolute atomic E-state index is 0.0119. The fourth-order valence-electron chi connectivity index (χ4n) is 3.16. The Morgan fingerprint density at radius 2 is 1.88 bits per heavy atom. The first kappa shape index (κ1) is 20.5. The number of benzene rings is 1. The molecule has 0 heterocycles. The van der Waals surface area contributed by atoms with Gasteiger partial charge < -0.3 is 10.2 Å². The van der Waals surface area contributed by atoms with Crippen LogP contribution in [0.25, 0.3) is 0 Å². The minimum atomic E-state index is -0.0119. The average Bonchev–Trinajstić information content (AvgIpc) is 2.64. The maximum atomic E-state index is 12.0. The number of allylic oxidation sites excluding steroid dienone is 1. The van der Waals surface area contributed by atoms with Gasteiger partial charge in [0, 0.05) is 38.0 Å². The Kier molecular flexibility index (Phi) is 8.69. The summed E-state index contributed by atoms with van der Waals surface area (Å²) in [5.74, 6) is 0.0254. The van der Waals surface area contributed by atoms with E-state index in [1.54, 1.807) is 11.8 Å². The molecule has 2 rings (SSSR count). The number of hydrogen-bond donors (Lipinski definition) is 1. The first-order chi connectivity index (χ1) is 12.5. The first-order valence-electron chi connectivity index (χ1n) is 9.49. The zero-order valence-corrected chi connectivity index (χ0v) is 16.4. The first-order valence-corrected chi connectivity index (χ1v) is 9.87. The Morgan fingerprint density at radius 3 is 2.54 bits per heavy atom. The summed E-state index contributed by atoms with van der Waals surface area (Å²) in [6.45, 7) is 3.36. The molecule has 1 aliphatic carbocycles. The van der Waals surface area contributed by atoms with Crippen molar-refractivity contribution in [2.75, 3.05) is 19.6 Å². The maximum Gasteiger partial charge on any atom is 0.221 e. The molecule has 1 N–H and O–H groups in total. The second-order valence-corrected chi connectivity index (χ2v) is 7.28. The molecule has 142 valence electrons. The predicted octanol–water partition coefficient (Wildman–Crippen LogP) is 4.13. The predicted molar refractivity (Wildman–Crippen MR) is 106 cm³/mol. The molecule has 26 heavy (non-hydrogen) atoms. The van der Waals surface area contributed by atoms with E-state index in [0.717, 1.165) is 31.2 Å². The van der Waals surface area contributed by atoms with Crippen LogP contribution in [0.5, 0.6) is 0 Å². The van der Waals surface area contributed by atoms with E-state index < -0.39 is 0 Å². The third kappa shape index (κ3) is 7.61. The van der Waals surface area contributed by atoms with Crippen molar-refractivity contribution in [2.24, 2.45) is 0 Å². The second-order valence-electron chi connectivity index (χ2n) is 6.84. The SMILES string of the molecule is CC(=O)N(CCC(=O)NCCc1ccc(Cl)cc1)CCC1=CCCCC1. The number of hydrogen-bond acceptors (Lipinski definition) is 2. The summed E-state index contributed by atoms with van der Waals surface area (Å²) >= 11 is 5.86. The van der Waals surface area contributed by atoms with Gasteiger partial charge in [0.1, 0.15) is 0 Å². The second kappa shape index (κ2) is 11.0. The summed E-state index contributed by atoms with van der Waals surface area (Å²) in [6.07, 6.45) is 9.19. The van der Waals surface area contributed by atoms with E-state index in [1.807, 2.05) is 24.3 Å². The molecule has 0 spiro atoms. The average molecular weight is 377 g/mol. The molecule has 2 amide bonds. The Hall–Kier alpha value is -1.81. The molecule has 0 saturated heterocycles. The molecule has 0 atom stereocenters. The molecule has 0 bridgehead atoms. The third-order valence-electron chi connectivity index (χ3n) is 4.79. The topological polar surface area (TPSA) is 49.4 Å². The summed E-state index contributed by atoms with van der Waals surface area (Å²) in [7, 11) is 0. The fourth-order valence-corrected chi connectivity index (χ4v) is 3.29. The Morgan fingerprint density at radius 1 is 1.12 bits per heavy atom. The van der Waals surface area contributed by atoms with Gasteiger partial charge in [-0.25, -0.2) is 0 Å². The van der Waals surface area contributed by atoms with Crippen LogP contribution in [0, 0.1) is 0 Å². The zero-order chi connectivity index (χ0) is 18.8. The van der Waals surface area contributed by atoms with E-state index >= 15 is 0 Å². The normalized spacial score (nSPS) is 13.8. The number of rotatable bonds is 9. The highest BCUT2D eigenvalue weighted by Crippen LogP contribution is 2.20. The number of nitrogens with zero attached hydrogens (tertiary/aromatic N) is 1. The summed E-state index contributed by atoms with van der Waals surface area (Å²) in [6, 6.07) is 7.63. The summed E-state index contributed by atoms with van der Waals surface area (Å²) in [4.78, 5) is 25.6. The lowest BCUT2D eigenvalue weighted by Gasteiger charge is -2.22. The van der Waals surface area contributed by atoms with Crippen LogP contribution in [-0.2, 0) is 16.0 Å². The van der Waals surface area contributed by atoms with Crippen molar-refractivity contribution in [1.82, 2.24) is 10.2 Å². The van der Waals surface area contributed by atoms with Gasteiger partial charge in [-0.1, -0.05) is 35.4 Å². The van der Waals surface area contributed by atoms with Crippen LogP contribution < -0.4 is 5.32 Å². The van der Waals surface area contributed by atoms with Gasteiger partial charge >= 0.3 is 0 Å². The standard InChI is InChI=1S/C21H29ClN2O2/c1-17(25)24(15-12-18-5-3-2-4-6-18)16-13-21(26)23-14-11-19-7-9-20(22)10-8-19/h5,7-10H,2-4,6,11-16H2,1H3,(H,23,26). The van der Waals surface area contributed by atoms with Crippen molar-refractivity contribution in [3.05, 3.63) is 46.5 Å². The zero-order valence-electron chi connectivity index (χ0n) is 15.6. The van der Waals surface area contributed by atoms with Crippen LogP contribution >= 0.6 is 11.6 Å². The summed E-state index contributed by atoms with van der Waals surface area (Å²) in [5.41, 5.74) is 2.59. The summed E-state index contributed by atoms with van der Waals surface area (Å²) < 4.78 is 0. The van der Waals surface area contributed by atoms with Crippen molar-refractivity contribution >= 4 is 23.4 Å². The molecule has 0 radical (unpaired) electrons. The van der Waals surface area contributed by atoms with Crippen LogP contribution in [0.3, 0.4) is 0 Å². The van der Waals surface area contributed by atoms with Gasteiger partial charge in [0.2, 0.25) is 11.8 Å². The molecule has 5 heteroatoms. The van der Waals surface area contributed by atoms with E-state index in [9.17, 15) is 9.59 Å². The van der Waals surface area contributed by atoms with Crippen molar-refractivity contribution in [2.45, 2.75) is 51.9 Å². The Balaban J connectivity index is 1.66. The van der Waals surface area contributed by atoms with Crippen molar-refractivity contribution in [1.29, 1.82) is 0 Å². The van der Waals surface area contributed by atoms with Gasteiger partial charge in [-0.2, -0.15) is 0 Å². The van der Waals surface area contributed by atoms with E-state index in [-0.39, 0.29) is 11.8 Å². The molecule has 1 aromatic rings. The van der Waals surface area contributed by atoms with Crippen LogP contribution in [-0.4, -0.2) is 36.3 Å². The highest BCUT2D eigenvalue weighted by Gasteiger charge is 2.12. The van der Waals surface area contributed by atoms with Gasteiger partial charge in [0.15, 0.2) is 0 Å². The quantitative estimate of drug-likeness (QED) is 0.659. The van der Waals surface area contributed by atoms with Gasteiger partial charge in [-0.3, -0.25) is 9.59 Å². The molecule has 1 aliphatic rings. The van der Waals surface area contributed by atoms with Crippen LogP contribution in [0.4, 0.5) is 0 Å². The Bertz CT molecular complexity index is 625. The lowest BCUT2D eigenvalue weighted by molar-refractivity contribution is -0.129. The molecule has 0 saturated carbocycles. The molecular weight excluding hydrogens is 348 g/mol. The van der Waals surface area contributed by atoms with E-state index in [1.165, 1.54) is 18.4 Å². The highest BCUT2D eigenvalue weighted by atomic mass is 35.5. The lowest BCUT2D eigenvalue weighted by Crippen LogP contribution is -2.35. The third-order valence-corrected chi connectivity index (χ3v) is 5.04. The number of carbonyl (C=O) groups excluding carboxylic acids is 2. The van der Waals surface area contributed by atoms with Crippen LogP contribution in [0.1, 0.15) is 51.0 Å². The molecule has 0 aliphatic heterocycles. The maximum absolute atomic E-state index is 12.0. The molecular formula is C21H29ClN2O2. The van der Waals surface area contributed by atoms with Gasteiger partial charge in [-0.05, 0) is 56.2 Å². The van der Waals surface area contributed by atoms with Crippen molar-refractivity contribution in [3.8, 4) is 0 Å². The molecule has 4 nitrogen and oxygen atoms in total. The highest BCUT2D eigenvalue weighted by molar-refractivity contribution is 6.30. The lowest BCUT2D eigenvalue weighted by atomic mass is 9.97. The van der Waals surface area contributed by atoms with Gasteiger partial charge in [0.05, 0.1) is 0 Å². The Labute approximate surface area is 161 Å². The molecule has 1 aromatic carbocycles. The number of nitrogens with one attached hydrogen (secondary N) is 1. The molecule has 0 aromatic heterocycles. The monoisotopic (exact) mass is 376 g/mol. The van der Waals surface area contributed by atoms with Crippen molar-refractivity contribution < 1.29 is 9.59 Å². The smallest absolute Gasteiger partial charge is 0.221 e. The summed E-state index contributed by atoms with van der Waals surface area (Å²) in [5, 5.41) is 3.64. The fraction of sp³-hybridized carbons (Fsp3) is 0.524. The minimum Gasteiger partial charge on any atom is -0.356 e. The van der Waals surface area contributed by atoms with Gasteiger partial charge in [0.25, 0.3) is 0 Å². The molecule has 0 fully saturated rings. The number of amides is 2. The molecule has 0 unspecified atom stereocenters.